The molecule has 2 heterocycles. The van der Waals surface area contributed by atoms with Crippen LogP contribution in [0.25, 0.3) is 11.0 Å². The number of hydrogen-bond acceptors (Lipinski definition) is 3. The van der Waals surface area contributed by atoms with E-state index in [0.29, 0.717) is 5.92 Å². The Morgan fingerprint density at radius 1 is 1.39 bits per heavy atom. The third-order valence-electron chi connectivity index (χ3n) is 3.91. The normalized spacial score (nSPS) is 26.3. The average Bonchev–Trinajstić information content (AvgIpc) is 2.82. The lowest BCUT2D eigenvalue weighted by Crippen LogP contribution is -2.41. The summed E-state index contributed by atoms with van der Waals surface area (Å²) in [5, 5.41) is 15.0. The number of fused-ring (bicyclic) bond motifs is 1. The van der Waals surface area contributed by atoms with Crippen molar-refractivity contribution in [3.63, 3.8) is 0 Å². The molecule has 3 rings (SSSR count). The quantitative estimate of drug-likeness (QED) is 0.855. The summed E-state index contributed by atoms with van der Waals surface area (Å²) < 4.78 is 5.50. The number of hydrogen-bond donors (Lipinski definition) is 2. The van der Waals surface area contributed by atoms with E-state index < -0.39 is 6.10 Å². The molecule has 96 valence electrons. The molecule has 3 heteroatoms. The van der Waals surface area contributed by atoms with Crippen LogP contribution in [-0.2, 0) is 0 Å². The second-order valence-electron chi connectivity index (χ2n) is 5.32. The predicted molar refractivity (Wildman–Crippen MR) is 71.4 cm³/mol. The van der Waals surface area contributed by atoms with Gasteiger partial charge in [0.1, 0.15) is 5.58 Å². The van der Waals surface area contributed by atoms with Crippen LogP contribution in [0.4, 0.5) is 0 Å². The standard InChI is InChI=1S/C15H19NO2/c1-10-6-7-16-13(8-10)15(17)12-9-18-14-5-3-2-4-11(12)14/h2-5,9-10,13,15-17H,6-8H2,1H3. The fourth-order valence-corrected chi connectivity index (χ4v) is 2.83. The second-order valence-corrected chi connectivity index (χ2v) is 5.32. The van der Waals surface area contributed by atoms with Gasteiger partial charge in [-0.25, -0.2) is 0 Å². The Bertz CT molecular complexity index is 534. The van der Waals surface area contributed by atoms with E-state index in [1.54, 1.807) is 6.26 Å². The molecule has 2 aromatic rings. The molecule has 1 saturated heterocycles. The average molecular weight is 245 g/mol. The van der Waals surface area contributed by atoms with Gasteiger partial charge in [-0.3, -0.25) is 0 Å². The summed E-state index contributed by atoms with van der Waals surface area (Å²) in [6, 6.07) is 8.00. The number of nitrogens with one attached hydrogen (secondary N) is 1. The predicted octanol–water partition coefficient (Wildman–Crippen LogP) is 2.85. The molecule has 3 nitrogen and oxygen atoms in total. The van der Waals surface area contributed by atoms with Crippen LogP contribution in [0.5, 0.6) is 0 Å². The van der Waals surface area contributed by atoms with Gasteiger partial charge >= 0.3 is 0 Å². The summed E-state index contributed by atoms with van der Waals surface area (Å²) in [7, 11) is 0. The molecule has 0 bridgehead atoms. The van der Waals surface area contributed by atoms with Crippen molar-refractivity contribution in [3.8, 4) is 0 Å². The van der Waals surface area contributed by atoms with Crippen LogP contribution < -0.4 is 5.32 Å². The topological polar surface area (TPSA) is 45.4 Å². The zero-order valence-corrected chi connectivity index (χ0v) is 10.6. The summed E-state index contributed by atoms with van der Waals surface area (Å²) in [6.45, 7) is 3.23. The van der Waals surface area contributed by atoms with E-state index in [1.807, 2.05) is 24.3 Å². The summed E-state index contributed by atoms with van der Waals surface area (Å²) >= 11 is 0. The first-order valence-electron chi connectivity index (χ1n) is 6.63. The maximum absolute atomic E-state index is 10.5. The monoisotopic (exact) mass is 245 g/mol. The summed E-state index contributed by atoms with van der Waals surface area (Å²) in [4.78, 5) is 0. The van der Waals surface area contributed by atoms with Gasteiger partial charge in [-0.15, -0.1) is 0 Å². The minimum absolute atomic E-state index is 0.134. The molecule has 0 aliphatic carbocycles. The minimum atomic E-state index is -0.489. The van der Waals surface area contributed by atoms with Crippen LogP contribution in [0, 0.1) is 5.92 Å². The third kappa shape index (κ3) is 2.04. The lowest BCUT2D eigenvalue weighted by Gasteiger charge is -2.31. The van der Waals surface area contributed by atoms with Gasteiger partial charge in [0.05, 0.1) is 12.4 Å². The Hall–Kier alpha value is -1.32. The van der Waals surface area contributed by atoms with Gasteiger partial charge in [0.15, 0.2) is 0 Å². The van der Waals surface area contributed by atoms with Crippen LogP contribution >= 0.6 is 0 Å². The maximum atomic E-state index is 10.5. The number of aliphatic hydroxyl groups is 1. The van der Waals surface area contributed by atoms with E-state index in [0.717, 1.165) is 29.5 Å². The highest BCUT2D eigenvalue weighted by molar-refractivity contribution is 5.81. The molecule has 18 heavy (non-hydrogen) atoms. The molecule has 1 aromatic carbocycles. The number of piperidine rings is 1. The van der Waals surface area contributed by atoms with Crippen LogP contribution in [0.2, 0.25) is 0 Å². The lowest BCUT2D eigenvalue weighted by atomic mass is 9.89. The minimum Gasteiger partial charge on any atom is -0.464 e. The van der Waals surface area contributed by atoms with Crippen LogP contribution in [-0.4, -0.2) is 17.7 Å². The van der Waals surface area contributed by atoms with E-state index in [9.17, 15) is 5.11 Å². The van der Waals surface area contributed by atoms with E-state index in [1.165, 1.54) is 6.42 Å². The largest absolute Gasteiger partial charge is 0.464 e. The van der Waals surface area contributed by atoms with Crippen molar-refractivity contribution in [2.75, 3.05) is 6.54 Å². The van der Waals surface area contributed by atoms with Crippen molar-refractivity contribution in [1.82, 2.24) is 5.32 Å². The van der Waals surface area contributed by atoms with Crippen LogP contribution in [0.1, 0.15) is 31.4 Å². The highest BCUT2D eigenvalue weighted by atomic mass is 16.3. The van der Waals surface area contributed by atoms with Gasteiger partial charge in [-0.2, -0.15) is 0 Å². The Kier molecular flexibility index (Phi) is 3.10. The molecule has 1 aromatic heterocycles. The Morgan fingerprint density at radius 3 is 3.06 bits per heavy atom. The molecule has 3 atom stereocenters. The first kappa shape index (κ1) is 11.8. The molecule has 1 aliphatic heterocycles. The summed E-state index contributed by atoms with van der Waals surface area (Å²) in [5.74, 6) is 0.670. The molecule has 1 fully saturated rings. The van der Waals surface area contributed by atoms with E-state index in [-0.39, 0.29) is 6.04 Å². The smallest absolute Gasteiger partial charge is 0.134 e. The van der Waals surface area contributed by atoms with Crippen LogP contribution in [0.15, 0.2) is 34.9 Å². The first-order chi connectivity index (χ1) is 8.75. The zero-order valence-electron chi connectivity index (χ0n) is 10.6. The fraction of sp³-hybridized carbons (Fsp3) is 0.467. The SMILES string of the molecule is CC1CCNC(C(O)c2coc3ccccc23)C1. The third-order valence-corrected chi connectivity index (χ3v) is 3.91. The second kappa shape index (κ2) is 4.75. The lowest BCUT2D eigenvalue weighted by molar-refractivity contribution is 0.102. The highest BCUT2D eigenvalue weighted by Gasteiger charge is 2.27. The highest BCUT2D eigenvalue weighted by Crippen LogP contribution is 2.31. The van der Waals surface area contributed by atoms with Crippen molar-refractivity contribution in [3.05, 3.63) is 36.1 Å². The van der Waals surface area contributed by atoms with Crippen molar-refractivity contribution in [1.29, 1.82) is 0 Å². The molecule has 1 aliphatic rings. The summed E-state index contributed by atoms with van der Waals surface area (Å²) in [5.41, 5.74) is 1.74. The molecule has 0 radical (unpaired) electrons. The molecular weight excluding hydrogens is 226 g/mol. The zero-order chi connectivity index (χ0) is 12.5. The Labute approximate surface area is 107 Å². The van der Waals surface area contributed by atoms with Gasteiger partial charge in [0.25, 0.3) is 0 Å². The molecule has 2 N–H and O–H groups in total. The van der Waals surface area contributed by atoms with Gasteiger partial charge in [-0.1, -0.05) is 25.1 Å². The van der Waals surface area contributed by atoms with Crippen molar-refractivity contribution < 1.29 is 9.52 Å². The molecule has 0 saturated carbocycles. The number of benzene rings is 1. The number of rotatable bonds is 2. The van der Waals surface area contributed by atoms with E-state index >= 15 is 0 Å². The van der Waals surface area contributed by atoms with Crippen LogP contribution in [0.3, 0.4) is 0 Å². The van der Waals surface area contributed by atoms with Crippen molar-refractivity contribution in [2.45, 2.75) is 31.9 Å². The Morgan fingerprint density at radius 2 is 2.22 bits per heavy atom. The number of para-hydroxylation sites is 1. The van der Waals surface area contributed by atoms with E-state index in [2.05, 4.69) is 12.2 Å². The Balaban J connectivity index is 1.89. The first-order valence-corrected chi connectivity index (χ1v) is 6.63. The molecule has 3 unspecified atom stereocenters. The molecular formula is C15H19NO2. The fourth-order valence-electron chi connectivity index (χ4n) is 2.83. The van der Waals surface area contributed by atoms with Gasteiger partial charge in [-0.05, 0) is 31.4 Å². The number of furan rings is 1. The number of aliphatic hydroxyl groups excluding tert-OH is 1. The van der Waals surface area contributed by atoms with Gasteiger partial charge < -0.3 is 14.8 Å². The summed E-state index contributed by atoms with van der Waals surface area (Å²) in [6.07, 6.45) is 3.41. The maximum Gasteiger partial charge on any atom is 0.134 e. The molecule has 0 amide bonds. The van der Waals surface area contributed by atoms with E-state index in [4.69, 9.17) is 4.42 Å². The van der Waals surface area contributed by atoms with Crippen molar-refractivity contribution >= 4 is 11.0 Å². The van der Waals surface area contributed by atoms with Gasteiger partial charge in [0, 0.05) is 17.0 Å². The van der Waals surface area contributed by atoms with Crippen molar-refractivity contribution in [2.24, 2.45) is 5.92 Å². The van der Waals surface area contributed by atoms with Gasteiger partial charge in [0.2, 0.25) is 0 Å². The molecule has 0 spiro atoms.